The van der Waals surface area contributed by atoms with E-state index in [9.17, 15) is 4.79 Å². The van der Waals surface area contributed by atoms with Crippen LogP contribution in [0.2, 0.25) is 0 Å². The Morgan fingerprint density at radius 1 is 0.880 bits per heavy atom. The molecule has 0 aromatic heterocycles. The van der Waals surface area contributed by atoms with Crippen molar-refractivity contribution in [2.45, 2.75) is 77.6 Å². The lowest BCUT2D eigenvalue weighted by Gasteiger charge is -2.38. The molecule has 25 heavy (non-hydrogen) atoms. The van der Waals surface area contributed by atoms with E-state index in [1.165, 1.54) is 63.4 Å². The first kappa shape index (κ1) is 18.5. The van der Waals surface area contributed by atoms with Gasteiger partial charge in [0, 0.05) is 0 Å². The molecule has 0 radical (unpaired) electrons. The average Bonchev–Trinajstić information content (AvgIpc) is 2.68. The Hall–Kier alpha value is -1.31. The molecule has 2 heteroatoms. The summed E-state index contributed by atoms with van der Waals surface area (Å²) < 4.78 is 5.07. The fraction of sp³-hybridized carbons (Fsp3) is 0.696. The largest absolute Gasteiger partial charge is 0.462 e. The molecule has 138 valence electrons. The van der Waals surface area contributed by atoms with Crippen molar-refractivity contribution in [3.63, 3.8) is 0 Å². The van der Waals surface area contributed by atoms with Crippen molar-refractivity contribution in [2.75, 3.05) is 6.61 Å². The predicted octanol–water partition coefficient (Wildman–Crippen LogP) is 6.35. The molecule has 2 saturated carbocycles. The van der Waals surface area contributed by atoms with Gasteiger partial charge in [0.05, 0.1) is 12.2 Å². The fourth-order valence-electron chi connectivity index (χ4n) is 5.10. The van der Waals surface area contributed by atoms with Gasteiger partial charge in [0.1, 0.15) is 0 Å². The smallest absolute Gasteiger partial charge is 0.338 e. The average molecular weight is 343 g/mol. The Morgan fingerprint density at radius 3 is 1.96 bits per heavy atom. The normalized spacial score (nSPS) is 30.0. The third kappa shape index (κ3) is 4.65. The molecule has 3 rings (SSSR count). The van der Waals surface area contributed by atoms with Crippen LogP contribution in [0.5, 0.6) is 0 Å². The Labute approximate surface area is 153 Å². The van der Waals surface area contributed by atoms with E-state index in [-0.39, 0.29) is 5.97 Å². The van der Waals surface area contributed by atoms with Crippen LogP contribution in [-0.2, 0) is 4.74 Å². The van der Waals surface area contributed by atoms with Gasteiger partial charge in [-0.05, 0) is 86.8 Å². The van der Waals surface area contributed by atoms with Gasteiger partial charge in [-0.15, -0.1) is 0 Å². The number of hydrogen-bond donors (Lipinski definition) is 0. The summed E-state index contributed by atoms with van der Waals surface area (Å²) >= 11 is 0. The molecule has 2 aliphatic rings. The van der Waals surface area contributed by atoms with E-state index in [4.69, 9.17) is 4.74 Å². The number of carbonyl (C=O) groups is 1. The molecule has 2 aliphatic carbocycles. The molecule has 0 atom stereocenters. The monoisotopic (exact) mass is 342 g/mol. The van der Waals surface area contributed by atoms with E-state index < -0.39 is 0 Å². The minimum atomic E-state index is -0.208. The van der Waals surface area contributed by atoms with Gasteiger partial charge in [0.25, 0.3) is 0 Å². The number of hydrogen-bond acceptors (Lipinski definition) is 2. The zero-order valence-electron chi connectivity index (χ0n) is 16.0. The highest BCUT2D eigenvalue weighted by Gasteiger charge is 2.30. The number of benzene rings is 1. The number of ether oxygens (including phenoxy) is 1. The second-order valence-electron chi connectivity index (χ2n) is 8.14. The van der Waals surface area contributed by atoms with E-state index in [0.717, 1.165) is 17.8 Å². The first-order chi connectivity index (χ1) is 12.2. The molecule has 0 amide bonds. The Balaban J connectivity index is 1.50. The first-order valence-corrected chi connectivity index (χ1v) is 10.5. The van der Waals surface area contributed by atoms with E-state index >= 15 is 0 Å². The summed E-state index contributed by atoms with van der Waals surface area (Å²) in [5.41, 5.74) is 2.08. The molecule has 2 fully saturated rings. The second kappa shape index (κ2) is 8.87. The van der Waals surface area contributed by atoms with Gasteiger partial charge in [-0.3, -0.25) is 0 Å². The molecule has 0 N–H and O–H groups in total. The Morgan fingerprint density at radius 2 is 1.44 bits per heavy atom. The van der Waals surface area contributed by atoms with E-state index in [0.29, 0.717) is 18.1 Å². The third-order valence-electron chi connectivity index (χ3n) is 6.80. The van der Waals surface area contributed by atoms with Crippen molar-refractivity contribution in [1.29, 1.82) is 0 Å². The maximum atomic E-state index is 11.8. The van der Waals surface area contributed by atoms with Crippen LogP contribution in [0, 0.1) is 17.8 Å². The Bertz CT molecular complexity index is 532. The summed E-state index contributed by atoms with van der Waals surface area (Å²) in [4.78, 5) is 11.8. The van der Waals surface area contributed by atoms with Gasteiger partial charge in [-0.2, -0.15) is 0 Å². The Kier molecular flexibility index (Phi) is 6.56. The van der Waals surface area contributed by atoms with E-state index in [2.05, 4.69) is 19.1 Å². The zero-order chi connectivity index (χ0) is 17.6. The van der Waals surface area contributed by atoms with Crippen LogP contribution in [0.15, 0.2) is 24.3 Å². The molecule has 0 bridgehead atoms. The van der Waals surface area contributed by atoms with E-state index in [1.54, 1.807) is 0 Å². The lowest BCUT2D eigenvalue weighted by molar-refractivity contribution is 0.0526. The first-order valence-electron chi connectivity index (χ1n) is 10.5. The van der Waals surface area contributed by atoms with Crippen LogP contribution in [-0.4, -0.2) is 12.6 Å². The maximum Gasteiger partial charge on any atom is 0.338 e. The number of carbonyl (C=O) groups excluding carboxylic acids is 1. The molecular weight excluding hydrogens is 308 g/mol. The van der Waals surface area contributed by atoms with E-state index in [1.807, 2.05) is 19.1 Å². The number of esters is 1. The van der Waals surface area contributed by atoms with Crippen LogP contribution in [0.4, 0.5) is 0 Å². The summed E-state index contributed by atoms with van der Waals surface area (Å²) in [7, 11) is 0. The summed E-state index contributed by atoms with van der Waals surface area (Å²) in [6.07, 6.45) is 12.7. The highest BCUT2D eigenvalue weighted by atomic mass is 16.5. The summed E-state index contributed by atoms with van der Waals surface area (Å²) in [6, 6.07) is 8.16. The maximum absolute atomic E-state index is 11.8. The van der Waals surface area contributed by atoms with Gasteiger partial charge >= 0.3 is 5.97 Å². The van der Waals surface area contributed by atoms with Crippen LogP contribution < -0.4 is 0 Å². The quantitative estimate of drug-likeness (QED) is 0.582. The van der Waals surface area contributed by atoms with Crippen molar-refractivity contribution in [2.24, 2.45) is 17.8 Å². The third-order valence-corrected chi connectivity index (χ3v) is 6.80. The summed E-state index contributed by atoms with van der Waals surface area (Å²) in [6.45, 7) is 4.63. The van der Waals surface area contributed by atoms with Crippen molar-refractivity contribution in [1.82, 2.24) is 0 Å². The van der Waals surface area contributed by atoms with Crippen molar-refractivity contribution in [3.8, 4) is 0 Å². The fourth-order valence-corrected chi connectivity index (χ4v) is 5.10. The molecule has 0 unspecified atom stereocenters. The molecule has 0 heterocycles. The molecular formula is C23H34O2. The lowest BCUT2D eigenvalue weighted by atomic mass is 9.68. The van der Waals surface area contributed by atoms with Crippen molar-refractivity contribution in [3.05, 3.63) is 35.4 Å². The topological polar surface area (TPSA) is 26.3 Å². The molecule has 1 aromatic carbocycles. The van der Waals surface area contributed by atoms with Crippen LogP contribution in [0.1, 0.15) is 93.5 Å². The molecule has 0 aliphatic heterocycles. The van der Waals surface area contributed by atoms with Crippen molar-refractivity contribution < 1.29 is 9.53 Å². The van der Waals surface area contributed by atoms with Gasteiger partial charge in [0.15, 0.2) is 0 Å². The molecule has 1 aromatic rings. The predicted molar refractivity (Wildman–Crippen MR) is 103 cm³/mol. The molecule has 0 spiro atoms. The minimum absolute atomic E-state index is 0.208. The summed E-state index contributed by atoms with van der Waals surface area (Å²) in [5.74, 6) is 3.44. The van der Waals surface area contributed by atoms with Crippen LogP contribution in [0.25, 0.3) is 0 Å². The highest BCUT2D eigenvalue weighted by molar-refractivity contribution is 5.89. The molecule has 0 saturated heterocycles. The summed E-state index contributed by atoms with van der Waals surface area (Å²) in [5, 5.41) is 0. The molecule has 2 nitrogen and oxygen atoms in total. The second-order valence-corrected chi connectivity index (χ2v) is 8.14. The van der Waals surface area contributed by atoms with Gasteiger partial charge in [0.2, 0.25) is 0 Å². The van der Waals surface area contributed by atoms with Crippen LogP contribution in [0.3, 0.4) is 0 Å². The SMILES string of the molecule is CCOC(=O)c1ccc(C2CCC(C3CCC(CC)CC3)CC2)cc1. The minimum Gasteiger partial charge on any atom is -0.462 e. The van der Waals surface area contributed by atoms with Gasteiger partial charge < -0.3 is 4.74 Å². The highest BCUT2D eigenvalue weighted by Crippen LogP contribution is 2.44. The lowest BCUT2D eigenvalue weighted by Crippen LogP contribution is -2.25. The van der Waals surface area contributed by atoms with Crippen molar-refractivity contribution >= 4 is 5.97 Å². The van der Waals surface area contributed by atoms with Gasteiger partial charge in [-0.1, -0.05) is 38.3 Å². The standard InChI is InChI=1S/C23H34O2/c1-3-17-5-7-18(8-6-17)19-9-11-20(12-10-19)21-13-15-22(16-14-21)23(24)25-4-2/h13-20H,3-12H2,1-2H3. The van der Waals surface area contributed by atoms with Crippen LogP contribution >= 0.6 is 0 Å². The number of rotatable bonds is 5. The zero-order valence-corrected chi connectivity index (χ0v) is 16.0. The van der Waals surface area contributed by atoms with Gasteiger partial charge in [-0.25, -0.2) is 4.79 Å².